The molecule has 0 bridgehead atoms. The molecule has 0 amide bonds. The van der Waals surface area contributed by atoms with Gasteiger partial charge in [0.05, 0.1) is 0 Å². The zero-order valence-corrected chi connectivity index (χ0v) is 10.4. The molecule has 8 heteroatoms. The molecule has 1 aromatic heterocycles. The molecule has 0 radical (unpaired) electrons. The third-order valence-corrected chi connectivity index (χ3v) is 3.95. The van der Waals surface area contributed by atoms with Crippen LogP contribution in [0.3, 0.4) is 0 Å². The highest BCUT2D eigenvalue weighted by atomic mass is 35.5. The lowest BCUT2D eigenvalue weighted by molar-refractivity contribution is -0.138. The van der Waals surface area contributed by atoms with Crippen molar-refractivity contribution < 1.29 is 13.2 Å². The number of alkyl halides is 3. The molecule has 0 saturated heterocycles. The Morgan fingerprint density at radius 2 is 1.76 bits per heavy atom. The molecule has 1 aromatic carbocycles. The number of rotatable bonds is 2. The summed E-state index contributed by atoms with van der Waals surface area (Å²) in [5.74, 6) is 0. The lowest BCUT2D eigenvalue weighted by Gasteiger charge is -1.98. The fraction of sp³-hybridized carbons (Fsp3) is 0.111. The van der Waals surface area contributed by atoms with E-state index < -0.39 is 11.2 Å². The van der Waals surface area contributed by atoms with E-state index in [1.165, 1.54) is 0 Å². The molecule has 0 N–H and O–H groups in total. The highest BCUT2D eigenvalue weighted by Gasteiger charge is 2.35. The summed E-state index contributed by atoms with van der Waals surface area (Å²) in [5.41, 5.74) is 0. The van der Waals surface area contributed by atoms with Crippen LogP contribution in [0.4, 0.5) is 13.2 Å². The van der Waals surface area contributed by atoms with Crippen LogP contribution in [0.1, 0.15) is 5.01 Å². The first-order chi connectivity index (χ1) is 7.95. The second-order valence-corrected chi connectivity index (χ2v) is 5.66. The first kappa shape index (κ1) is 12.7. The van der Waals surface area contributed by atoms with E-state index in [1.807, 2.05) is 0 Å². The molecule has 0 spiro atoms. The van der Waals surface area contributed by atoms with Gasteiger partial charge in [-0.3, -0.25) is 0 Å². The lowest BCUT2D eigenvalue weighted by atomic mass is 10.4. The van der Waals surface area contributed by atoms with Crippen molar-refractivity contribution in [3.05, 3.63) is 34.3 Å². The first-order valence-electron chi connectivity index (χ1n) is 4.29. The third-order valence-electron chi connectivity index (χ3n) is 1.67. The van der Waals surface area contributed by atoms with E-state index >= 15 is 0 Å². The van der Waals surface area contributed by atoms with Crippen LogP contribution >= 0.6 is 34.7 Å². The minimum Gasteiger partial charge on any atom is -0.164 e. The Hall–Kier alpha value is -0.790. The van der Waals surface area contributed by atoms with E-state index in [1.54, 1.807) is 24.3 Å². The molecule has 0 aliphatic rings. The van der Waals surface area contributed by atoms with E-state index in [9.17, 15) is 13.2 Å². The van der Waals surface area contributed by atoms with Crippen molar-refractivity contribution in [2.45, 2.75) is 15.4 Å². The van der Waals surface area contributed by atoms with Gasteiger partial charge < -0.3 is 0 Å². The molecule has 2 aromatic rings. The maximum absolute atomic E-state index is 12.3. The summed E-state index contributed by atoms with van der Waals surface area (Å²) >= 11 is 7.34. The van der Waals surface area contributed by atoms with Crippen molar-refractivity contribution in [3.63, 3.8) is 0 Å². The fourth-order valence-corrected chi connectivity index (χ4v) is 2.79. The maximum atomic E-state index is 12.3. The molecule has 2 nitrogen and oxygen atoms in total. The Balaban J connectivity index is 2.14. The van der Waals surface area contributed by atoms with Gasteiger partial charge in [0.15, 0.2) is 4.34 Å². The van der Waals surface area contributed by atoms with Gasteiger partial charge in [0.25, 0.3) is 0 Å². The fourth-order valence-electron chi connectivity index (χ4n) is 0.969. The topological polar surface area (TPSA) is 25.8 Å². The molecule has 0 fully saturated rings. The number of halogens is 4. The predicted octanol–water partition coefficient (Wildman–Crippen LogP) is 4.36. The molecule has 0 aliphatic heterocycles. The summed E-state index contributed by atoms with van der Waals surface area (Å²) in [4.78, 5) is 0.763. The van der Waals surface area contributed by atoms with Gasteiger partial charge in [-0.05, 0) is 24.3 Å². The van der Waals surface area contributed by atoms with Crippen LogP contribution in [0, 0.1) is 0 Å². The normalized spacial score (nSPS) is 11.8. The SMILES string of the molecule is FC(F)(F)c1nnc(Sc2ccc(Cl)cc2)s1. The minimum atomic E-state index is -4.43. The van der Waals surface area contributed by atoms with Crippen molar-refractivity contribution in [2.24, 2.45) is 0 Å². The van der Waals surface area contributed by atoms with Gasteiger partial charge in [0.2, 0.25) is 5.01 Å². The zero-order chi connectivity index (χ0) is 12.5. The summed E-state index contributed by atoms with van der Waals surface area (Å²) in [7, 11) is 0. The molecular weight excluding hydrogens is 293 g/mol. The van der Waals surface area contributed by atoms with Crippen molar-refractivity contribution >= 4 is 34.7 Å². The lowest BCUT2D eigenvalue weighted by Crippen LogP contribution is -2.03. The van der Waals surface area contributed by atoms with Crippen LogP contribution < -0.4 is 0 Å². The third kappa shape index (κ3) is 3.34. The molecule has 90 valence electrons. The Bertz CT molecular complexity index is 510. The maximum Gasteiger partial charge on any atom is 0.445 e. The molecule has 2 rings (SSSR count). The summed E-state index contributed by atoms with van der Waals surface area (Å²) < 4.78 is 37.1. The smallest absolute Gasteiger partial charge is 0.164 e. The zero-order valence-electron chi connectivity index (χ0n) is 8.03. The van der Waals surface area contributed by atoms with Crippen LogP contribution in [-0.4, -0.2) is 10.2 Å². The summed E-state index contributed by atoms with van der Waals surface area (Å²) in [5, 5.41) is 6.21. The monoisotopic (exact) mass is 296 g/mol. The second-order valence-electron chi connectivity index (χ2n) is 2.93. The molecule has 17 heavy (non-hydrogen) atoms. The highest BCUT2D eigenvalue weighted by molar-refractivity contribution is 8.01. The van der Waals surface area contributed by atoms with Crippen LogP contribution in [0.2, 0.25) is 5.02 Å². The largest absolute Gasteiger partial charge is 0.445 e. The van der Waals surface area contributed by atoms with Gasteiger partial charge in [-0.2, -0.15) is 13.2 Å². The standard InChI is InChI=1S/C9H4ClF3N2S2/c10-5-1-3-6(4-2-5)16-8-15-14-7(17-8)9(11,12)13/h1-4H. The van der Waals surface area contributed by atoms with E-state index in [-0.39, 0.29) is 4.34 Å². The molecular formula is C9H4ClF3N2S2. The minimum absolute atomic E-state index is 0.250. The van der Waals surface area contributed by atoms with Crippen molar-refractivity contribution in [3.8, 4) is 0 Å². The van der Waals surface area contributed by atoms with Gasteiger partial charge in [-0.1, -0.05) is 34.7 Å². The van der Waals surface area contributed by atoms with Crippen LogP contribution in [0.15, 0.2) is 33.5 Å². The van der Waals surface area contributed by atoms with Gasteiger partial charge in [0.1, 0.15) is 0 Å². The number of benzene rings is 1. The average Bonchev–Trinajstić information content (AvgIpc) is 2.69. The van der Waals surface area contributed by atoms with Gasteiger partial charge >= 0.3 is 6.18 Å². The summed E-state index contributed by atoms with van der Waals surface area (Å²) in [6, 6.07) is 6.74. The highest BCUT2D eigenvalue weighted by Crippen LogP contribution is 2.37. The van der Waals surface area contributed by atoms with Crippen molar-refractivity contribution in [1.82, 2.24) is 10.2 Å². The molecule has 0 saturated carbocycles. The van der Waals surface area contributed by atoms with E-state index in [0.29, 0.717) is 16.4 Å². The summed E-state index contributed by atoms with van der Waals surface area (Å²) in [6.07, 6.45) is -4.43. The Morgan fingerprint density at radius 3 is 2.29 bits per heavy atom. The van der Waals surface area contributed by atoms with Crippen molar-refractivity contribution in [2.75, 3.05) is 0 Å². The Labute approximate surface area is 108 Å². The average molecular weight is 297 g/mol. The van der Waals surface area contributed by atoms with E-state index in [0.717, 1.165) is 16.7 Å². The number of hydrogen-bond acceptors (Lipinski definition) is 4. The van der Waals surface area contributed by atoms with E-state index in [4.69, 9.17) is 11.6 Å². The molecule has 1 heterocycles. The van der Waals surface area contributed by atoms with Gasteiger partial charge in [-0.25, -0.2) is 0 Å². The quantitative estimate of drug-likeness (QED) is 0.823. The summed E-state index contributed by atoms with van der Waals surface area (Å²) in [6.45, 7) is 0. The van der Waals surface area contributed by atoms with Crippen molar-refractivity contribution in [1.29, 1.82) is 0 Å². The molecule has 0 atom stereocenters. The Kier molecular flexibility index (Phi) is 3.60. The van der Waals surface area contributed by atoms with Crippen LogP contribution in [0.5, 0.6) is 0 Å². The number of nitrogens with zero attached hydrogens (tertiary/aromatic N) is 2. The number of hydrogen-bond donors (Lipinski definition) is 0. The number of aromatic nitrogens is 2. The Morgan fingerprint density at radius 1 is 1.12 bits per heavy atom. The van der Waals surface area contributed by atoms with E-state index in [2.05, 4.69) is 10.2 Å². The van der Waals surface area contributed by atoms with Gasteiger partial charge in [-0.15, -0.1) is 10.2 Å². The van der Waals surface area contributed by atoms with Gasteiger partial charge in [0, 0.05) is 9.92 Å². The second kappa shape index (κ2) is 4.83. The molecule has 0 aliphatic carbocycles. The molecule has 0 unspecified atom stereocenters. The van der Waals surface area contributed by atoms with Crippen LogP contribution in [0.25, 0.3) is 0 Å². The first-order valence-corrected chi connectivity index (χ1v) is 6.30. The predicted molar refractivity (Wildman–Crippen MR) is 60.5 cm³/mol. The van der Waals surface area contributed by atoms with Crippen LogP contribution in [-0.2, 0) is 6.18 Å².